The molecule has 0 unspecified atom stereocenters. The third kappa shape index (κ3) is 4.24. The molecule has 1 aliphatic rings. The van der Waals surface area contributed by atoms with Crippen LogP contribution in [0.4, 0.5) is 4.39 Å². The summed E-state index contributed by atoms with van der Waals surface area (Å²) >= 11 is 5.89. The van der Waals surface area contributed by atoms with E-state index in [1.165, 1.54) is 18.0 Å². The first kappa shape index (κ1) is 18.7. The molecule has 0 spiro atoms. The van der Waals surface area contributed by atoms with Crippen LogP contribution in [0, 0.1) is 5.82 Å². The van der Waals surface area contributed by atoms with Crippen molar-refractivity contribution in [2.45, 2.75) is 18.1 Å². The highest BCUT2D eigenvalue weighted by atomic mass is 35.5. The molecule has 132 valence electrons. The van der Waals surface area contributed by atoms with Crippen molar-refractivity contribution in [2.75, 3.05) is 25.9 Å². The third-order valence-corrected chi connectivity index (χ3v) is 6.47. The molecule has 1 N–H and O–H groups in total. The smallest absolute Gasteiger partial charge is 0.255 e. The van der Waals surface area contributed by atoms with Gasteiger partial charge in [-0.1, -0.05) is 11.6 Å². The SMILES string of the molecule is CNC(=O)CS(=O)(=O)C1CCN(C(=O)c2ccc(F)cc2Cl)CC1. The summed E-state index contributed by atoms with van der Waals surface area (Å²) in [6, 6.07) is 3.53. The summed E-state index contributed by atoms with van der Waals surface area (Å²) in [5.74, 6) is -1.99. The lowest BCUT2D eigenvalue weighted by Crippen LogP contribution is -2.44. The summed E-state index contributed by atoms with van der Waals surface area (Å²) in [5.41, 5.74) is 0.185. The maximum Gasteiger partial charge on any atom is 0.255 e. The van der Waals surface area contributed by atoms with Crippen LogP contribution >= 0.6 is 11.6 Å². The summed E-state index contributed by atoms with van der Waals surface area (Å²) < 4.78 is 37.4. The first-order valence-corrected chi connectivity index (χ1v) is 9.50. The van der Waals surface area contributed by atoms with Crippen molar-refractivity contribution < 1.29 is 22.4 Å². The van der Waals surface area contributed by atoms with Crippen LogP contribution in [0.2, 0.25) is 5.02 Å². The molecule has 1 fully saturated rings. The number of nitrogens with zero attached hydrogens (tertiary/aromatic N) is 1. The van der Waals surface area contributed by atoms with E-state index in [1.807, 2.05) is 0 Å². The highest BCUT2D eigenvalue weighted by Crippen LogP contribution is 2.23. The molecule has 0 aromatic heterocycles. The molecule has 2 rings (SSSR count). The number of hydrogen-bond acceptors (Lipinski definition) is 4. The summed E-state index contributed by atoms with van der Waals surface area (Å²) in [6.07, 6.45) is 0.508. The van der Waals surface area contributed by atoms with E-state index in [-0.39, 0.29) is 42.4 Å². The zero-order valence-corrected chi connectivity index (χ0v) is 14.7. The molecule has 1 saturated heterocycles. The summed E-state index contributed by atoms with van der Waals surface area (Å²) in [6.45, 7) is 0.481. The fourth-order valence-electron chi connectivity index (χ4n) is 2.62. The zero-order valence-electron chi connectivity index (χ0n) is 13.1. The molecule has 1 aromatic rings. The van der Waals surface area contributed by atoms with Crippen LogP contribution in [0.1, 0.15) is 23.2 Å². The summed E-state index contributed by atoms with van der Waals surface area (Å²) in [7, 11) is -2.17. The maximum absolute atomic E-state index is 13.1. The van der Waals surface area contributed by atoms with Gasteiger partial charge in [0, 0.05) is 20.1 Å². The Labute approximate surface area is 144 Å². The molecule has 1 aliphatic heterocycles. The zero-order chi connectivity index (χ0) is 17.9. The third-order valence-electron chi connectivity index (χ3n) is 4.01. The average molecular weight is 377 g/mol. The number of carbonyl (C=O) groups is 2. The van der Waals surface area contributed by atoms with Gasteiger partial charge in [0.2, 0.25) is 5.91 Å². The molecule has 0 atom stereocenters. The van der Waals surface area contributed by atoms with E-state index >= 15 is 0 Å². The minimum absolute atomic E-state index is 0.0226. The largest absolute Gasteiger partial charge is 0.358 e. The summed E-state index contributed by atoms with van der Waals surface area (Å²) in [5, 5.41) is 1.66. The Hall–Kier alpha value is -1.67. The molecule has 1 aromatic carbocycles. The van der Waals surface area contributed by atoms with Crippen molar-refractivity contribution in [3.63, 3.8) is 0 Å². The molecule has 1 heterocycles. The lowest BCUT2D eigenvalue weighted by Gasteiger charge is -2.31. The van der Waals surface area contributed by atoms with Crippen LogP contribution in [0.25, 0.3) is 0 Å². The normalized spacial score (nSPS) is 16.0. The van der Waals surface area contributed by atoms with E-state index in [4.69, 9.17) is 11.6 Å². The molecule has 24 heavy (non-hydrogen) atoms. The summed E-state index contributed by atoms with van der Waals surface area (Å²) in [4.78, 5) is 25.2. The number of nitrogens with one attached hydrogen (secondary N) is 1. The number of rotatable bonds is 4. The van der Waals surface area contributed by atoms with E-state index in [2.05, 4.69) is 5.32 Å². The minimum Gasteiger partial charge on any atom is -0.358 e. The predicted octanol–water partition coefficient (Wildman–Crippen LogP) is 1.24. The van der Waals surface area contributed by atoms with E-state index in [9.17, 15) is 22.4 Å². The first-order chi connectivity index (χ1) is 11.2. The maximum atomic E-state index is 13.1. The van der Waals surface area contributed by atoms with Gasteiger partial charge in [-0.15, -0.1) is 0 Å². The predicted molar refractivity (Wildman–Crippen MR) is 88.2 cm³/mol. The Morgan fingerprint density at radius 2 is 1.96 bits per heavy atom. The highest BCUT2D eigenvalue weighted by molar-refractivity contribution is 7.92. The van der Waals surface area contributed by atoms with Gasteiger partial charge >= 0.3 is 0 Å². The number of amides is 2. The molecule has 2 amide bonds. The second kappa shape index (κ2) is 7.48. The van der Waals surface area contributed by atoms with E-state index < -0.39 is 32.6 Å². The molecule has 0 aliphatic carbocycles. The van der Waals surface area contributed by atoms with Crippen molar-refractivity contribution in [1.29, 1.82) is 0 Å². The van der Waals surface area contributed by atoms with E-state index in [1.54, 1.807) is 0 Å². The monoisotopic (exact) mass is 376 g/mol. The van der Waals surface area contributed by atoms with Gasteiger partial charge in [0.15, 0.2) is 9.84 Å². The minimum atomic E-state index is -3.55. The van der Waals surface area contributed by atoms with Crippen molar-refractivity contribution in [2.24, 2.45) is 0 Å². The number of likely N-dealkylation sites (tertiary alicyclic amines) is 1. The number of carbonyl (C=O) groups excluding carboxylic acids is 2. The molecule has 0 saturated carbocycles. The van der Waals surface area contributed by atoms with Gasteiger partial charge in [0.1, 0.15) is 11.6 Å². The lowest BCUT2D eigenvalue weighted by atomic mass is 10.1. The average Bonchev–Trinajstić information content (AvgIpc) is 2.54. The fourth-order valence-corrected chi connectivity index (χ4v) is 4.55. The fraction of sp³-hybridized carbons (Fsp3) is 0.467. The van der Waals surface area contributed by atoms with Gasteiger partial charge in [-0.05, 0) is 31.0 Å². The second-order valence-electron chi connectivity index (χ2n) is 5.60. The highest BCUT2D eigenvalue weighted by Gasteiger charge is 2.33. The number of hydrogen-bond donors (Lipinski definition) is 1. The molecular formula is C15H18ClFN2O4S. The Morgan fingerprint density at radius 3 is 2.50 bits per heavy atom. The van der Waals surface area contributed by atoms with Gasteiger partial charge in [0.25, 0.3) is 5.91 Å². The van der Waals surface area contributed by atoms with Crippen molar-refractivity contribution >= 4 is 33.3 Å². The van der Waals surface area contributed by atoms with Crippen molar-refractivity contribution in [3.8, 4) is 0 Å². The van der Waals surface area contributed by atoms with Gasteiger partial charge in [-0.2, -0.15) is 0 Å². The quantitative estimate of drug-likeness (QED) is 0.857. The van der Waals surface area contributed by atoms with Gasteiger partial charge in [-0.3, -0.25) is 9.59 Å². The van der Waals surface area contributed by atoms with Gasteiger partial charge < -0.3 is 10.2 Å². The first-order valence-electron chi connectivity index (χ1n) is 7.41. The Balaban J connectivity index is 2.02. The number of sulfone groups is 1. The van der Waals surface area contributed by atoms with Crippen molar-refractivity contribution in [3.05, 3.63) is 34.6 Å². The molecule has 0 bridgehead atoms. The van der Waals surface area contributed by atoms with Gasteiger partial charge in [0.05, 0.1) is 15.8 Å². The lowest BCUT2D eigenvalue weighted by molar-refractivity contribution is -0.118. The van der Waals surface area contributed by atoms with Crippen LogP contribution in [0.5, 0.6) is 0 Å². The van der Waals surface area contributed by atoms with Crippen LogP contribution in [0.3, 0.4) is 0 Å². The Kier molecular flexibility index (Phi) is 5.82. The number of benzene rings is 1. The molecular weight excluding hydrogens is 359 g/mol. The molecule has 0 radical (unpaired) electrons. The van der Waals surface area contributed by atoms with Crippen LogP contribution in [-0.2, 0) is 14.6 Å². The van der Waals surface area contributed by atoms with E-state index in [0.29, 0.717) is 0 Å². The Bertz CT molecular complexity index is 746. The van der Waals surface area contributed by atoms with Crippen LogP contribution in [-0.4, -0.2) is 56.3 Å². The topological polar surface area (TPSA) is 83.6 Å². The van der Waals surface area contributed by atoms with E-state index in [0.717, 1.165) is 12.1 Å². The molecule has 6 nitrogen and oxygen atoms in total. The van der Waals surface area contributed by atoms with Crippen LogP contribution < -0.4 is 5.32 Å². The second-order valence-corrected chi connectivity index (χ2v) is 8.28. The van der Waals surface area contributed by atoms with Crippen LogP contribution in [0.15, 0.2) is 18.2 Å². The van der Waals surface area contributed by atoms with Gasteiger partial charge in [-0.25, -0.2) is 12.8 Å². The molecule has 9 heteroatoms. The Morgan fingerprint density at radius 1 is 1.33 bits per heavy atom. The standard InChI is InChI=1S/C15H18ClFN2O4S/c1-18-14(20)9-24(22,23)11-4-6-19(7-5-11)15(21)12-3-2-10(17)8-13(12)16/h2-3,8,11H,4-7,9H2,1H3,(H,18,20). The number of halogens is 2. The number of piperidine rings is 1. The van der Waals surface area contributed by atoms with Crippen molar-refractivity contribution in [1.82, 2.24) is 10.2 Å².